The van der Waals surface area contributed by atoms with E-state index in [1.807, 2.05) is 40.9 Å². The van der Waals surface area contributed by atoms with Gasteiger partial charge in [0.05, 0.1) is 0 Å². The number of rotatable bonds is 3. The van der Waals surface area contributed by atoms with Crippen molar-refractivity contribution >= 4 is 28.6 Å². The van der Waals surface area contributed by atoms with Crippen LogP contribution in [0.15, 0.2) is 60.7 Å². The molecule has 30 heavy (non-hydrogen) atoms. The van der Waals surface area contributed by atoms with Gasteiger partial charge in [0.2, 0.25) is 6.79 Å². The van der Waals surface area contributed by atoms with Gasteiger partial charge >= 0.3 is 6.03 Å². The van der Waals surface area contributed by atoms with E-state index in [4.69, 9.17) is 9.47 Å². The fourth-order valence-electron chi connectivity index (χ4n) is 4.08. The summed E-state index contributed by atoms with van der Waals surface area (Å²) in [5.41, 5.74) is 2.38. The van der Waals surface area contributed by atoms with Crippen molar-refractivity contribution in [3.8, 4) is 11.5 Å². The van der Waals surface area contributed by atoms with Gasteiger partial charge in [0, 0.05) is 30.6 Å². The van der Waals surface area contributed by atoms with Gasteiger partial charge in [0.15, 0.2) is 11.5 Å². The lowest BCUT2D eigenvalue weighted by Gasteiger charge is -2.21. The Morgan fingerprint density at radius 2 is 1.90 bits per heavy atom. The second kappa shape index (κ2) is 8.48. The van der Waals surface area contributed by atoms with E-state index in [-0.39, 0.29) is 6.03 Å². The van der Waals surface area contributed by atoms with E-state index in [0.29, 0.717) is 18.6 Å². The highest BCUT2D eigenvalue weighted by Gasteiger charge is 2.24. The van der Waals surface area contributed by atoms with Crippen molar-refractivity contribution < 1.29 is 14.3 Å². The van der Waals surface area contributed by atoms with Crippen molar-refractivity contribution in [3.05, 3.63) is 71.8 Å². The van der Waals surface area contributed by atoms with Crippen molar-refractivity contribution in [1.29, 1.82) is 0 Å². The van der Waals surface area contributed by atoms with Crippen molar-refractivity contribution in [3.63, 3.8) is 0 Å². The zero-order chi connectivity index (χ0) is 20.3. The molecule has 1 unspecified atom stereocenters. The Morgan fingerprint density at radius 1 is 1.03 bits per heavy atom. The fourth-order valence-corrected chi connectivity index (χ4v) is 5.30. The first-order valence-electron chi connectivity index (χ1n) is 10.3. The number of nitrogens with zero attached hydrogens (tertiary/aromatic N) is 1. The quantitative estimate of drug-likeness (QED) is 0.651. The molecule has 1 saturated heterocycles. The molecule has 3 aromatic rings. The highest BCUT2D eigenvalue weighted by atomic mass is 32.2. The van der Waals surface area contributed by atoms with Crippen LogP contribution in [0.3, 0.4) is 0 Å². The van der Waals surface area contributed by atoms with E-state index < -0.39 is 0 Å². The van der Waals surface area contributed by atoms with Gasteiger partial charge in [-0.05, 0) is 40.5 Å². The van der Waals surface area contributed by atoms with E-state index in [2.05, 4.69) is 41.7 Å². The molecule has 154 valence electrons. The normalized spacial score (nSPS) is 18.3. The van der Waals surface area contributed by atoms with Crippen molar-refractivity contribution in [1.82, 2.24) is 10.2 Å². The first-order valence-corrected chi connectivity index (χ1v) is 11.3. The first kappa shape index (κ1) is 19.1. The summed E-state index contributed by atoms with van der Waals surface area (Å²) in [5, 5.41) is 5.86. The van der Waals surface area contributed by atoms with Crippen molar-refractivity contribution in [2.24, 2.45) is 0 Å². The molecule has 1 atom stereocenters. The predicted molar refractivity (Wildman–Crippen MR) is 120 cm³/mol. The lowest BCUT2D eigenvalue weighted by molar-refractivity contribution is 0.174. The molecule has 1 N–H and O–H groups in total. The number of carbonyl (C=O) groups excluding carboxylic acids is 1. The van der Waals surface area contributed by atoms with Gasteiger partial charge in [-0.15, -0.1) is 0 Å². The maximum Gasteiger partial charge on any atom is 0.317 e. The van der Waals surface area contributed by atoms with Crippen molar-refractivity contribution in [2.45, 2.75) is 18.2 Å². The number of hydrogen-bond acceptors (Lipinski definition) is 4. The Bertz CT molecular complexity index is 1070. The zero-order valence-corrected chi connectivity index (χ0v) is 17.5. The van der Waals surface area contributed by atoms with Crippen LogP contribution in [0.25, 0.3) is 10.8 Å². The number of thioether (sulfide) groups is 1. The molecule has 2 heterocycles. The number of urea groups is 1. The summed E-state index contributed by atoms with van der Waals surface area (Å²) in [5.74, 6) is 2.55. The van der Waals surface area contributed by atoms with Crippen LogP contribution in [0, 0.1) is 0 Å². The highest BCUT2D eigenvalue weighted by Crippen LogP contribution is 2.40. The molecule has 2 aliphatic heterocycles. The molecule has 0 spiro atoms. The standard InChI is InChI=1S/C24H24N2O3S/c27-24(25-15-19-6-3-5-17-4-1-2-7-20(17)19)26-11-10-23(30-13-12-26)18-8-9-21-22(14-18)29-16-28-21/h1-9,14,23H,10-13,15-16H2,(H,25,27). The smallest absolute Gasteiger partial charge is 0.317 e. The van der Waals surface area contributed by atoms with Gasteiger partial charge < -0.3 is 19.7 Å². The largest absolute Gasteiger partial charge is 0.454 e. The van der Waals surface area contributed by atoms with Crippen LogP contribution in [-0.2, 0) is 6.54 Å². The zero-order valence-electron chi connectivity index (χ0n) is 16.7. The Kier molecular flexibility index (Phi) is 5.41. The number of fused-ring (bicyclic) bond motifs is 2. The van der Waals surface area contributed by atoms with E-state index in [1.54, 1.807) is 0 Å². The third-order valence-electron chi connectivity index (χ3n) is 5.71. The molecule has 0 bridgehead atoms. The van der Waals surface area contributed by atoms with E-state index in [9.17, 15) is 4.79 Å². The van der Waals surface area contributed by atoms with E-state index in [0.717, 1.165) is 42.3 Å². The van der Waals surface area contributed by atoms with Crippen molar-refractivity contribution in [2.75, 3.05) is 25.6 Å². The molecule has 2 amide bonds. The molecule has 0 saturated carbocycles. The molecule has 5 rings (SSSR count). The van der Waals surface area contributed by atoms with Gasteiger partial charge in [0.25, 0.3) is 0 Å². The Morgan fingerprint density at radius 3 is 2.87 bits per heavy atom. The minimum Gasteiger partial charge on any atom is -0.454 e. The van der Waals surface area contributed by atoms with Crippen LogP contribution < -0.4 is 14.8 Å². The monoisotopic (exact) mass is 420 g/mol. The third kappa shape index (κ3) is 3.92. The van der Waals surface area contributed by atoms with Gasteiger partial charge in [0.1, 0.15) is 0 Å². The molecule has 0 aliphatic carbocycles. The summed E-state index contributed by atoms with van der Waals surface area (Å²) < 4.78 is 10.9. The second-order valence-electron chi connectivity index (χ2n) is 7.54. The molecule has 0 aromatic heterocycles. The van der Waals surface area contributed by atoms with E-state index >= 15 is 0 Å². The van der Waals surface area contributed by atoms with Crippen LogP contribution >= 0.6 is 11.8 Å². The number of benzene rings is 3. The fraction of sp³-hybridized carbons (Fsp3) is 0.292. The van der Waals surface area contributed by atoms with Crippen LogP contribution in [0.2, 0.25) is 0 Å². The lowest BCUT2D eigenvalue weighted by atomic mass is 10.0. The minimum atomic E-state index is 0.00914. The molecule has 2 aliphatic rings. The molecular weight excluding hydrogens is 396 g/mol. The number of nitrogens with one attached hydrogen (secondary N) is 1. The molecule has 0 radical (unpaired) electrons. The second-order valence-corrected chi connectivity index (χ2v) is 8.86. The number of hydrogen-bond donors (Lipinski definition) is 1. The Balaban J connectivity index is 1.21. The summed E-state index contributed by atoms with van der Waals surface area (Å²) in [7, 11) is 0. The topological polar surface area (TPSA) is 50.8 Å². The molecular formula is C24H24N2O3S. The Labute approximate surface area is 180 Å². The average molecular weight is 421 g/mol. The van der Waals surface area contributed by atoms with Gasteiger partial charge in [-0.3, -0.25) is 0 Å². The maximum absolute atomic E-state index is 12.8. The summed E-state index contributed by atoms with van der Waals surface area (Å²) in [6.45, 7) is 2.33. The third-order valence-corrected chi connectivity index (χ3v) is 7.04. The summed E-state index contributed by atoms with van der Waals surface area (Å²) in [6, 6.07) is 20.7. The first-order chi connectivity index (χ1) is 14.8. The SMILES string of the molecule is O=C(NCc1cccc2ccccc12)N1CCSC(c2ccc3c(c2)OCO3)CC1. The Hall–Kier alpha value is -2.86. The maximum atomic E-state index is 12.8. The number of amides is 2. The van der Waals surface area contributed by atoms with Crippen LogP contribution in [0.5, 0.6) is 11.5 Å². The average Bonchev–Trinajstić information content (AvgIpc) is 3.12. The highest BCUT2D eigenvalue weighted by molar-refractivity contribution is 7.99. The molecule has 5 nitrogen and oxygen atoms in total. The summed E-state index contributed by atoms with van der Waals surface area (Å²) >= 11 is 1.90. The van der Waals surface area contributed by atoms with Crippen LogP contribution in [-0.4, -0.2) is 36.6 Å². The van der Waals surface area contributed by atoms with Gasteiger partial charge in [-0.2, -0.15) is 11.8 Å². The van der Waals surface area contributed by atoms with Crippen LogP contribution in [0.4, 0.5) is 4.79 Å². The minimum absolute atomic E-state index is 0.00914. The van der Waals surface area contributed by atoms with Crippen LogP contribution in [0.1, 0.15) is 22.8 Å². The summed E-state index contributed by atoms with van der Waals surface area (Å²) in [4.78, 5) is 14.8. The van der Waals surface area contributed by atoms with Gasteiger partial charge in [-0.25, -0.2) is 4.79 Å². The molecule has 6 heteroatoms. The lowest BCUT2D eigenvalue weighted by Crippen LogP contribution is -2.40. The molecule has 3 aromatic carbocycles. The number of carbonyl (C=O) groups is 1. The van der Waals surface area contributed by atoms with E-state index in [1.165, 1.54) is 16.3 Å². The summed E-state index contributed by atoms with van der Waals surface area (Å²) in [6.07, 6.45) is 0.923. The number of ether oxygens (including phenoxy) is 2. The predicted octanol–water partition coefficient (Wildman–Crippen LogP) is 4.96. The molecule has 1 fully saturated rings. The van der Waals surface area contributed by atoms with Gasteiger partial charge in [-0.1, -0.05) is 48.5 Å².